The molecule has 17 nitrogen and oxygen atoms in total. The van der Waals surface area contributed by atoms with Crippen LogP contribution in [0.3, 0.4) is 0 Å². The highest BCUT2D eigenvalue weighted by atomic mass is 32.2. The van der Waals surface area contributed by atoms with Crippen molar-refractivity contribution in [3.63, 3.8) is 0 Å². The predicted molar refractivity (Wildman–Crippen MR) is 185 cm³/mol. The Morgan fingerprint density at radius 1 is 0.827 bits per heavy atom. The number of esters is 2. The summed E-state index contributed by atoms with van der Waals surface area (Å²) in [5, 5.41) is 30.3. The third-order valence-electron chi connectivity index (χ3n) is 8.45. The van der Waals surface area contributed by atoms with E-state index in [1.807, 2.05) is 0 Å². The van der Waals surface area contributed by atoms with E-state index >= 15 is 0 Å². The number of hydrogen-bond acceptors (Lipinski definition) is 13. The number of nitro benzene ring substituents is 2. The fraction of sp³-hybridized carbons (Fsp3) is 0.500. The summed E-state index contributed by atoms with van der Waals surface area (Å²) in [5.41, 5.74) is -0.355. The van der Waals surface area contributed by atoms with E-state index < -0.39 is 69.7 Å². The summed E-state index contributed by atoms with van der Waals surface area (Å²) < 4.78 is 16.2. The molecule has 3 amide bonds. The van der Waals surface area contributed by atoms with Crippen LogP contribution in [0.1, 0.15) is 69.8 Å². The van der Waals surface area contributed by atoms with Crippen molar-refractivity contribution in [2.45, 2.75) is 100 Å². The number of nitro groups is 2. The van der Waals surface area contributed by atoms with Crippen molar-refractivity contribution in [1.29, 1.82) is 0 Å². The maximum Gasteiger partial charge on any atom is 0.408 e. The molecule has 280 valence electrons. The lowest BCUT2D eigenvalue weighted by Crippen LogP contribution is -2.50. The molecule has 0 heterocycles. The number of thioether (sulfide) groups is 1. The molecule has 18 heteroatoms. The van der Waals surface area contributed by atoms with Gasteiger partial charge in [0.2, 0.25) is 11.8 Å². The van der Waals surface area contributed by atoms with Crippen molar-refractivity contribution < 1.29 is 48.0 Å². The van der Waals surface area contributed by atoms with Crippen molar-refractivity contribution >= 4 is 53.0 Å². The first kappa shape index (κ1) is 39.5. The fourth-order valence-corrected chi connectivity index (χ4v) is 6.73. The summed E-state index contributed by atoms with van der Waals surface area (Å²) >= 11 is 0.790. The summed E-state index contributed by atoms with van der Waals surface area (Å²) in [6, 6.07) is 9.29. The number of alkyl carbamates (subject to hydrolysis) is 1. The molecule has 2 atom stereocenters. The first-order chi connectivity index (χ1) is 25.0. The zero-order valence-corrected chi connectivity index (χ0v) is 29.1. The monoisotopic (exact) mass is 743 g/mol. The molecule has 2 aliphatic carbocycles. The van der Waals surface area contributed by atoms with E-state index in [0.29, 0.717) is 12.8 Å². The van der Waals surface area contributed by atoms with Gasteiger partial charge in [0.15, 0.2) is 0 Å². The smallest absolute Gasteiger partial charge is 0.408 e. The topological polar surface area (TPSA) is 235 Å². The van der Waals surface area contributed by atoms with Gasteiger partial charge >= 0.3 is 18.0 Å². The number of carbonyl (C=O) groups is 5. The summed E-state index contributed by atoms with van der Waals surface area (Å²) in [6.45, 7) is -0.554. The summed E-state index contributed by atoms with van der Waals surface area (Å²) in [7, 11) is 0. The van der Waals surface area contributed by atoms with Gasteiger partial charge < -0.3 is 30.2 Å². The molecule has 2 aliphatic rings. The molecule has 0 radical (unpaired) electrons. The molecule has 0 spiro atoms. The second-order valence-electron chi connectivity index (χ2n) is 12.4. The minimum Gasteiger partial charge on any atom is -0.461 e. The van der Waals surface area contributed by atoms with Crippen LogP contribution in [0.25, 0.3) is 0 Å². The lowest BCUT2D eigenvalue weighted by Gasteiger charge is -2.21. The third kappa shape index (κ3) is 12.8. The molecular weight excluding hydrogens is 702 g/mol. The van der Waals surface area contributed by atoms with Crippen LogP contribution >= 0.6 is 11.8 Å². The molecular formula is C34H41N5O12S. The Bertz CT molecular complexity index is 1600. The Morgan fingerprint density at radius 2 is 1.48 bits per heavy atom. The van der Waals surface area contributed by atoms with Crippen LogP contribution in [0.15, 0.2) is 53.4 Å². The molecule has 0 saturated heterocycles. The number of hydrogen-bond donors (Lipinski definition) is 3. The van der Waals surface area contributed by atoms with Crippen LogP contribution in [0.5, 0.6) is 0 Å². The number of amides is 3. The second-order valence-corrected chi connectivity index (χ2v) is 13.4. The Kier molecular flexibility index (Phi) is 15.2. The van der Waals surface area contributed by atoms with E-state index in [1.54, 1.807) is 30.3 Å². The van der Waals surface area contributed by atoms with E-state index in [9.17, 15) is 44.2 Å². The summed E-state index contributed by atoms with van der Waals surface area (Å²) in [5.74, 6) is -3.20. The van der Waals surface area contributed by atoms with Gasteiger partial charge in [0, 0.05) is 18.2 Å². The van der Waals surface area contributed by atoms with Gasteiger partial charge in [-0.2, -0.15) is 0 Å². The van der Waals surface area contributed by atoms with Crippen LogP contribution in [0, 0.1) is 20.2 Å². The maximum absolute atomic E-state index is 13.3. The van der Waals surface area contributed by atoms with Gasteiger partial charge in [-0.25, -0.2) is 9.59 Å². The number of nitrogens with one attached hydrogen (secondary N) is 3. The molecule has 0 aromatic heterocycles. The van der Waals surface area contributed by atoms with Gasteiger partial charge in [-0.1, -0.05) is 30.3 Å². The second kappa shape index (κ2) is 20.0. The highest BCUT2D eigenvalue weighted by molar-refractivity contribution is 7.99. The van der Waals surface area contributed by atoms with Gasteiger partial charge in [0.1, 0.15) is 37.4 Å². The molecule has 0 bridgehead atoms. The minimum absolute atomic E-state index is 0.00349. The van der Waals surface area contributed by atoms with Gasteiger partial charge in [-0.3, -0.25) is 34.6 Å². The SMILES string of the molecule is O=C(CC[C@H](NC(=O)OCc1ccccc1)C(=O)OC1CCCC1)N[C@@H](CSc1ccc([N+](=O)[O-])cc1[N+](=O)[O-])C(=O)NCC(=O)OC1CCCC1. The van der Waals surface area contributed by atoms with Gasteiger partial charge in [0.25, 0.3) is 11.4 Å². The number of nitrogens with zero attached hydrogens (tertiary/aromatic N) is 2. The number of non-ortho nitro benzene ring substituents is 1. The molecule has 2 fully saturated rings. The summed E-state index contributed by atoms with van der Waals surface area (Å²) in [6.07, 6.45) is 4.37. The lowest BCUT2D eigenvalue weighted by atomic mass is 10.1. The molecule has 4 rings (SSSR count). The first-order valence-electron chi connectivity index (χ1n) is 17.0. The van der Waals surface area contributed by atoms with Gasteiger partial charge in [-0.15, -0.1) is 11.8 Å². The van der Waals surface area contributed by atoms with Crippen molar-refractivity contribution in [1.82, 2.24) is 16.0 Å². The van der Waals surface area contributed by atoms with Crippen LogP contribution in [0.2, 0.25) is 0 Å². The average Bonchev–Trinajstić information content (AvgIpc) is 3.85. The van der Waals surface area contributed by atoms with Crippen molar-refractivity contribution in [2.24, 2.45) is 0 Å². The van der Waals surface area contributed by atoms with E-state index in [1.165, 1.54) is 6.07 Å². The van der Waals surface area contributed by atoms with Crippen LogP contribution < -0.4 is 16.0 Å². The van der Waals surface area contributed by atoms with E-state index in [4.69, 9.17) is 14.2 Å². The summed E-state index contributed by atoms with van der Waals surface area (Å²) in [4.78, 5) is 85.9. The van der Waals surface area contributed by atoms with Crippen molar-refractivity contribution in [2.75, 3.05) is 12.3 Å². The fourth-order valence-electron chi connectivity index (χ4n) is 5.71. The number of carbonyl (C=O) groups excluding carboxylic acids is 5. The standard InChI is InChI=1S/C34H41N5O12S/c40-30(17-15-26(33(43)51-25-12-6-7-13-25)37-34(44)49-20-22-8-2-1-3-9-22)36-27(32(42)35-19-31(41)50-24-10-4-5-11-24)21-52-29-16-14-23(38(45)46)18-28(29)39(47)48/h1-3,8-9,14,16,18,24-27H,4-7,10-13,15,17,19-21H2,(H,35,42)(H,36,40)(H,37,44)/t26-,27-/m0/s1. The van der Waals surface area contributed by atoms with Crippen molar-refractivity contribution in [3.05, 3.63) is 74.3 Å². The zero-order chi connectivity index (χ0) is 37.5. The molecule has 2 saturated carbocycles. The average molecular weight is 744 g/mol. The van der Waals surface area contributed by atoms with Crippen LogP contribution in [-0.4, -0.2) is 76.3 Å². The highest BCUT2D eigenvalue weighted by Crippen LogP contribution is 2.33. The first-order valence-corrected chi connectivity index (χ1v) is 18.0. The molecule has 52 heavy (non-hydrogen) atoms. The number of rotatable bonds is 18. The van der Waals surface area contributed by atoms with Gasteiger partial charge in [-0.05, 0) is 69.4 Å². The maximum atomic E-state index is 13.3. The molecule has 0 aliphatic heterocycles. The zero-order valence-electron chi connectivity index (χ0n) is 28.3. The Balaban J connectivity index is 1.41. The third-order valence-corrected chi connectivity index (χ3v) is 9.61. The van der Waals surface area contributed by atoms with E-state index in [-0.39, 0.29) is 42.3 Å². The predicted octanol–water partition coefficient (Wildman–Crippen LogP) is 4.24. The molecule has 3 N–H and O–H groups in total. The van der Waals surface area contributed by atoms with Crippen LogP contribution in [-0.2, 0) is 40.0 Å². The molecule has 0 unspecified atom stereocenters. The van der Waals surface area contributed by atoms with E-state index in [0.717, 1.165) is 68.0 Å². The Labute approximate surface area is 303 Å². The van der Waals surface area contributed by atoms with Crippen LogP contribution in [0.4, 0.5) is 16.2 Å². The van der Waals surface area contributed by atoms with Crippen molar-refractivity contribution in [3.8, 4) is 0 Å². The lowest BCUT2D eigenvalue weighted by molar-refractivity contribution is -0.396. The number of benzene rings is 2. The minimum atomic E-state index is -1.35. The normalized spacial score (nSPS) is 15.5. The van der Waals surface area contributed by atoms with Gasteiger partial charge in [0.05, 0.1) is 20.8 Å². The Hall–Kier alpha value is -5.26. The quantitative estimate of drug-likeness (QED) is 0.0638. The number of ether oxygens (including phenoxy) is 3. The highest BCUT2D eigenvalue weighted by Gasteiger charge is 2.30. The molecule has 2 aromatic rings. The molecule has 2 aromatic carbocycles. The van der Waals surface area contributed by atoms with E-state index in [2.05, 4.69) is 16.0 Å². The largest absolute Gasteiger partial charge is 0.461 e. The Morgan fingerprint density at radius 3 is 2.12 bits per heavy atom.